The fourth-order valence-electron chi connectivity index (χ4n) is 3.15. The lowest BCUT2D eigenvalue weighted by atomic mass is 9.97. The average molecular weight is 274 g/mol. The molecule has 1 fully saturated rings. The predicted octanol–water partition coefficient (Wildman–Crippen LogP) is 2.13. The predicted molar refractivity (Wildman–Crippen MR) is 77.4 cm³/mol. The number of nitrogens with one attached hydrogen (secondary N) is 2. The zero-order valence-corrected chi connectivity index (χ0v) is 11.9. The van der Waals surface area contributed by atoms with E-state index < -0.39 is 5.54 Å². The highest BCUT2D eigenvalue weighted by Gasteiger charge is 2.42. The van der Waals surface area contributed by atoms with Crippen LogP contribution in [0.2, 0.25) is 0 Å². The van der Waals surface area contributed by atoms with Crippen LogP contribution in [0.3, 0.4) is 0 Å². The Morgan fingerprint density at radius 1 is 1.35 bits per heavy atom. The van der Waals surface area contributed by atoms with Gasteiger partial charge in [-0.3, -0.25) is 0 Å². The summed E-state index contributed by atoms with van der Waals surface area (Å²) in [7, 11) is 0. The Balaban J connectivity index is 1.63. The van der Waals surface area contributed by atoms with E-state index in [1.54, 1.807) is 0 Å². The van der Waals surface area contributed by atoms with Crippen molar-refractivity contribution in [2.24, 2.45) is 5.92 Å². The maximum absolute atomic E-state index is 12.2. The molecule has 0 heterocycles. The summed E-state index contributed by atoms with van der Waals surface area (Å²) in [6, 6.07) is 8.18. The van der Waals surface area contributed by atoms with Crippen LogP contribution in [0.1, 0.15) is 43.4 Å². The Morgan fingerprint density at radius 2 is 2.10 bits per heavy atom. The minimum Gasteiger partial charge on any atom is -0.394 e. The number of aliphatic hydroxyl groups excluding tert-OH is 1. The molecular formula is C16H22N2O2. The van der Waals surface area contributed by atoms with Crippen LogP contribution in [-0.2, 0) is 6.42 Å². The number of urea groups is 1. The first-order valence-electron chi connectivity index (χ1n) is 7.40. The first-order chi connectivity index (χ1) is 9.62. The van der Waals surface area contributed by atoms with Crippen molar-refractivity contribution in [3.05, 3.63) is 35.4 Å². The van der Waals surface area contributed by atoms with Crippen LogP contribution in [0, 0.1) is 5.92 Å². The second kappa shape index (κ2) is 5.09. The molecule has 1 aromatic rings. The number of carbonyl (C=O) groups is 1. The zero-order chi connectivity index (χ0) is 14.2. The summed E-state index contributed by atoms with van der Waals surface area (Å²) >= 11 is 0. The van der Waals surface area contributed by atoms with Crippen LogP contribution >= 0.6 is 0 Å². The number of carbonyl (C=O) groups excluding carboxylic acids is 1. The molecule has 1 saturated carbocycles. The van der Waals surface area contributed by atoms with Crippen molar-refractivity contribution >= 4 is 6.03 Å². The lowest BCUT2D eigenvalue weighted by Crippen LogP contribution is -2.54. The van der Waals surface area contributed by atoms with E-state index in [9.17, 15) is 9.90 Å². The second-order valence-electron chi connectivity index (χ2n) is 6.24. The van der Waals surface area contributed by atoms with Gasteiger partial charge in [0.25, 0.3) is 0 Å². The molecule has 20 heavy (non-hydrogen) atoms. The van der Waals surface area contributed by atoms with Crippen LogP contribution in [-0.4, -0.2) is 23.3 Å². The van der Waals surface area contributed by atoms with Crippen LogP contribution in [0.5, 0.6) is 0 Å². The monoisotopic (exact) mass is 274 g/mol. The molecule has 0 bridgehead atoms. The Hall–Kier alpha value is -1.55. The molecule has 2 aliphatic rings. The Morgan fingerprint density at radius 3 is 2.80 bits per heavy atom. The van der Waals surface area contributed by atoms with E-state index in [2.05, 4.69) is 22.8 Å². The van der Waals surface area contributed by atoms with Crippen molar-refractivity contribution in [2.75, 3.05) is 6.61 Å². The van der Waals surface area contributed by atoms with E-state index in [1.165, 1.54) is 11.1 Å². The Bertz CT molecular complexity index is 513. The van der Waals surface area contributed by atoms with Crippen LogP contribution in [0.15, 0.2) is 24.3 Å². The molecule has 4 heteroatoms. The van der Waals surface area contributed by atoms with E-state index in [-0.39, 0.29) is 18.7 Å². The van der Waals surface area contributed by atoms with E-state index in [0.29, 0.717) is 5.92 Å². The minimum absolute atomic E-state index is 0.00760. The molecule has 4 nitrogen and oxygen atoms in total. The van der Waals surface area contributed by atoms with Gasteiger partial charge in [0.1, 0.15) is 0 Å². The lowest BCUT2D eigenvalue weighted by Gasteiger charge is -2.29. The van der Waals surface area contributed by atoms with Crippen molar-refractivity contribution in [3.63, 3.8) is 0 Å². The zero-order valence-electron chi connectivity index (χ0n) is 11.9. The largest absolute Gasteiger partial charge is 0.394 e. The summed E-state index contributed by atoms with van der Waals surface area (Å²) in [5.74, 6) is 0.411. The molecule has 2 aliphatic carbocycles. The van der Waals surface area contributed by atoms with Crippen molar-refractivity contribution in [3.8, 4) is 0 Å². The summed E-state index contributed by atoms with van der Waals surface area (Å²) < 4.78 is 0. The highest BCUT2D eigenvalue weighted by atomic mass is 16.3. The normalized spacial score (nSPS) is 23.8. The molecule has 0 aliphatic heterocycles. The number of rotatable bonds is 4. The second-order valence-corrected chi connectivity index (χ2v) is 6.24. The molecule has 0 aromatic heterocycles. The standard InChI is InChI=1S/C16H22N2O2/c1-16(10-19,12-7-8-12)18-15(20)17-14-9-6-11-4-2-3-5-13(11)14/h2-5,12,14,19H,6-10H2,1H3,(H2,17,18,20). The lowest BCUT2D eigenvalue weighted by molar-refractivity contribution is 0.154. The number of aliphatic hydroxyl groups is 1. The molecule has 3 N–H and O–H groups in total. The fraction of sp³-hybridized carbons (Fsp3) is 0.562. The third-order valence-electron chi connectivity index (χ3n) is 4.64. The first-order valence-corrected chi connectivity index (χ1v) is 7.40. The van der Waals surface area contributed by atoms with E-state index >= 15 is 0 Å². The topological polar surface area (TPSA) is 61.4 Å². The number of amides is 2. The van der Waals surface area contributed by atoms with Crippen molar-refractivity contribution in [1.29, 1.82) is 0 Å². The summed E-state index contributed by atoms with van der Waals surface area (Å²) in [6.45, 7) is 1.92. The highest BCUT2D eigenvalue weighted by molar-refractivity contribution is 5.75. The minimum atomic E-state index is -0.484. The van der Waals surface area contributed by atoms with Gasteiger partial charge in [-0.05, 0) is 49.7 Å². The van der Waals surface area contributed by atoms with Gasteiger partial charge in [-0.1, -0.05) is 24.3 Å². The molecule has 0 radical (unpaired) electrons. The van der Waals surface area contributed by atoms with Gasteiger partial charge < -0.3 is 15.7 Å². The molecule has 1 aromatic carbocycles. The third-order valence-corrected chi connectivity index (χ3v) is 4.64. The number of hydrogen-bond donors (Lipinski definition) is 3. The highest BCUT2D eigenvalue weighted by Crippen LogP contribution is 2.39. The van der Waals surface area contributed by atoms with Crippen LogP contribution in [0.25, 0.3) is 0 Å². The molecular weight excluding hydrogens is 252 g/mol. The summed E-state index contributed by atoms with van der Waals surface area (Å²) in [5, 5.41) is 15.5. The van der Waals surface area contributed by atoms with Gasteiger partial charge in [0.15, 0.2) is 0 Å². The molecule has 108 valence electrons. The van der Waals surface area contributed by atoms with Crippen molar-refractivity contribution in [2.45, 2.75) is 44.2 Å². The van der Waals surface area contributed by atoms with Crippen LogP contribution < -0.4 is 10.6 Å². The summed E-state index contributed by atoms with van der Waals surface area (Å²) in [5.41, 5.74) is 2.06. The number of benzene rings is 1. The third kappa shape index (κ3) is 2.52. The molecule has 0 spiro atoms. The smallest absolute Gasteiger partial charge is 0.315 e. The van der Waals surface area contributed by atoms with Gasteiger partial charge in [0.2, 0.25) is 0 Å². The number of aryl methyl sites for hydroxylation is 1. The van der Waals surface area contributed by atoms with Gasteiger partial charge in [0.05, 0.1) is 18.2 Å². The quantitative estimate of drug-likeness (QED) is 0.787. The molecule has 3 rings (SSSR count). The van der Waals surface area contributed by atoms with Gasteiger partial charge >= 0.3 is 6.03 Å². The molecule has 2 atom stereocenters. The molecule has 2 amide bonds. The molecule has 2 unspecified atom stereocenters. The van der Waals surface area contributed by atoms with Gasteiger partial charge in [-0.2, -0.15) is 0 Å². The number of hydrogen-bond acceptors (Lipinski definition) is 2. The van der Waals surface area contributed by atoms with Crippen molar-refractivity contribution in [1.82, 2.24) is 10.6 Å². The fourth-order valence-corrected chi connectivity index (χ4v) is 3.15. The first kappa shape index (κ1) is 13.4. The maximum atomic E-state index is 12.2. The molecule has 0 saturated heterocycles. The van der Waals surface area contributed by atoms with E-state index in [1.807, 2.05) is 19.1 Å². The Kier molecular flexibility index (Phi) is 3.42. The van der Waals surface area contributed by atoms with Gasteiger partial charge in [-0.15, -0.1) is 0 Å². The van der Waals surface area contributed by atoms with Gasteiger partial charge in [-0.25, -0.2) is 4.79 Å². The van der Waals surface area contributed by atoms with Crippen molar-refractivity contribution < 1.29 is 9.90 Å². The van der Waals surface area contributed by atoms with E-state index in [4.69, 9.17) is 0 Å². The summed E-state index contributed by atoms with van der Waals surface area (Å²) in [4.78, 5) is 12.2. The van der Waals surface area contributed by atoms with Gasteiger partial charge in [0, 0.05) is 0 Å². The number of fused-ring (bicyclic) bond motifs is 1. The SMILES string of the molecule is CC(CO)(NC(=O)NC1CCc2ccccc21)C1CC1. The average Bonchev–Trinajstić information content (AvgIpc) is 3.23. The maximum Gasteiger partial charge on any atom is 0.315 e. The van der Waals surface area contributed by atoms with E-state index in [0.717, 1.165) is 25.7 Å². The Labute approximate surface area is 119 Å². The summed E-state index contributed by atoms with van der Waals surface area (Å²) in [6.07, 6.45) is 4.14. The van der Waals surface area contributed by atoms with Crippen LogP contribution in [0.4, 0.5) is 4.79 Å².